The van der Waals surface area contributed by atoms with Crippen LogP contribution in [-0.4, -0.2) is 49.7 Å². The molecule has 1 aliphatic heterocycles. The van der Waals surface area contributed by atoms with Gasteiger partial charge < -0.3 is 4.90 Å². The summed E-state index contributed by atoms with van der Waals surface area (Å²) in [7, 11) is -3.56. The molecule has 8 heteroatoms. The molecule has 2 aromatic rings. The lowest BCUT2D eigenvalue weighted by atomic mass is 10.1. The Bertz CT molecular complexity index is 986. The van der Waals surface area contributed by atoms with Crippen molar-refractivity contribution in [3.8, 4) is 0 Å². The third-order valence-electron chi connectivity index (χ3n) is 4.79. The summed E-state index contributed by atoms with van der Waals surface area (Å²) in [5, 5.41) is 1.18. The van der Waals surface area contributed by atoms with Crippen LogP contribution in [0.5, 0.6) is 0 Å². The maximum atomic E-state index is 13.2. The molecule has 2 aromatic carbocycles. The highest BCUT2D eigenvalue weighted by atomic mass is 32.2. The van der Waals surface area contributed by atoms with Crippen LogP contribution in [0, 0.1) is 11.6 Å². The van der Waals surface area contributed by atoms with Gasteiger partial charge in [-0.2, -0.15) is 4.31 Å². The van der Waals surface area contributed by atoms with Crippen LogP contribution in [0.1, 0.15) is 17.5 Å². The van der Waals surface area contributed by atoms with E-state index in [4.69, 9.17) is 0 Å². The number of hydrogen-bond donors (Lipinski definition) is 0. The van der Waals surface area contributed by atoms with E-state index in [2.05, 4.69) is 0 Å². The zero-order valence-corrected chi connectivity index (χ0v) is 16.6. The van der Waals surface area contributed by atoms with Crippen molar-refractivity contribution in [2.45, 2.75) is 12.8 Å². The summed E-state index contributed by atoms with van der Waals surface area (Å²) in [6, 6.07) is 12.7. The Labute approximate surface area is 169 Å². The number of rotatable bonds is 6. The molecule has 0 N–H and O–H groups in total. The molecule has 0 saturated carbocycles. The molecule has 0 unspecified atom stereocenters. The van der Waals surface area contributed by atoms with Crippen LogP contribution in [0.4, 0.5) is 8.78 Å². The number of benzene rings is 2. The lowest BCUT2D eigenvalue weighted by Crippen LogP contribution is -2.50. The number of halogens is 2. The third kappa shape index (κ3) is 5.71. The van der Waals surface area contributed by atoms with Gasteiger partial charge in [0.2, 0.25) is 15.9 Å². The number of piperazine rings is 1. The first-order chi connectivity index (χ1) is 13.8. The van der Waals surface area contributed by atoms with Gasteiger partial charge in [0.1, 0.15) is 0 Å². The van der Waals surface area contributed by atoms with E-state index >= 15 is 0 Å². The van der Waals surface area contributed by atoms with E-state index in [0.29, 0.717) is 25.1 Å². The molecule has 1 aliphatic rings. The molecule has 0 radical (unpaired) electrons. The summed E-state index contributed by atoms with van der Waals surface area (Å²) >= 11 is 0. The van der Waals surface area contributed by atoms with Crippen molar-refractivity contribution in [2.75, 3.05) is 26.2 Å². The Kier molecular flexibility index (Phi) is 6.76. The van der Waals surface area contributed by atoms with Crippen molar-refractivity contribution >= 4 is 22.0 Å². The number of carbonyl (C=O) groups excluding carboxylic acids is 1. The van der Waals surface area contributed by atoms with Gasteiger partial charge in [0, 0.05) is 38.0 Å². The first-order valence-corrected chi connectivity index (χ1v) is 10.8. The smallest absolute Gasteiger partial charge is 0.236 e. The van der Waals surface area contributed by atoms with Crippen LogP contribution >= 0.6 is 0 Å². The van der Waals surface area contributed by atoms with Gasteiger partial charge in [0.25, 0.3) is 0 Å². The number of sulfonamides is 1. The first kappa shape index (κ1) is 21.1. The minimum atomic E-state index is -3.56. The predicted octanol–water partition coefficient (Wildman–Crippen LogP) is 3.04. The lowest BCUT2D eigenvalue weighted by Gasteiger charge is -2.33. The van der Waals surface area contributed by atoms with E-state index in [1.807, 2.05) is 30.3 Å². The summed E-state index contributed by atoms with van der Waals surface area (Å²) in [6.45, 7) is 1.04. The molecule has 1 heterocycles. The molecule has 29 heavy (non-hydrogen) atoms. The molecule has 0 atom stereocenters. The Morgan fingerprint density at radius 1 is 0.966 bits per heavy atom. The van der Waals surface area contributed by atoms with Gasteiger partial charge >= 0.3 is 0 Å². The topological polar surface area (TPSA) is 57.7 Å². The molecule has 1 fully saturated rings. The largest absolute Gasteiger partial charge is 0.340 e. The zero-order chi connectivity index (χ0) is 20.9. The van der Waals surface area contributed by atoms with E-state index < -0.39 is 21.7 Å². The minimum absolute atomic E-state index is 0.133. The number of aryl methyl sites for hydroxylation is 1. The number of hydrogen-bond acceptors (Lipinski definition) is 3. The second-order valence-corrected chi connectivity index (χ2v) is 8.61. The van der Waals surface area contributed by atoms with Crippen molar-refractivity contribution in [1.82, 2.24) is 9.21 Å². The molecule has 0 spiro atoms. The molecule has 1 amide bonds. The molecule has 3 rings (SSSR count). The normalized spacial score (nSPS) is 15.7. The van der Waals surface area contributed by atoms with Crippen molar-refractivity contribution in [3.63, 3.8) is 0 Å². The third-order valence-corrected chi connectivity index (χ3v) is 6.36. The van der Waals surface area contributed by atoms with Crippen molar-refractivity contribution in [2.24, 2.45) is 0 Å². The zero-order valence-electron chi connectivity index (χ0n) is 15.8. The number of carbonyl (C=O) groups is 1. The van der Waals surface area contributed by atoms with E-state index in [-0.39, 0.29) is 25.4 Å². The van der Waals surface area contributed by atoms with Gasteiger partial charge in [-0.05, 0) is 35.8 Å². The van der Waals surface area contributed by atoms with Gasteiger partial charge in [-0.1, -0.05) is 36.4 Å². The highest BCUT2D eigenvalue weighted by Gasteiger charge is 2.27. The molecule has 0 aliphatic carbocycles. The Hall–Kier alpha value is -2.58. The van der Waals surface area contributed by atoms with Crippen molar-refractivity contribution in [3.05, 3.63) is 76.7 Å². The summed E-state index contributed by atoms with van der Waals surface area (Å²) in [5.74, 6) is -1.98. The fourth-order valence-electron chi connectivity index (χ4n) is 3.11. The lowest BCUT2D eigenvalue weighted by molar-refractivity contribution is -0.132. The van der Waals surface area contributed by atoms with E-state index in [9.17, 15) is 22.0 Å². The molecule has 154 valence electrons. The van der Waals surface area contributed by atoms with Crippen LogP contribution in [0.3, 0.4) is 0 Å². The van der Waals surface area contributed by atoms with E-state index in [1.54, 1.807) is 11.0 Å². The van der Waals surface area contributed by atoms with Crippen LogP contribution < -0.4 is 0 Å². The van der Waals surface area contributed by atoms with Crippen LogP contribution in [0.25, 0.3) is 6.08 Å². The number of nitrogens with zero attached hydrogens (tertiary/aromatic N) is 2. The molecular weight excluding hydrogens is 398 g/mol. The summed E-state index contributed by atoms with van der Waals surface area (Å²) in [4.78, 5) is 14.0. The standard InChI is InChI=1S/C21H22F2N2O3S/c22-19-8-6-18(16-20(19)23)7-9-21(26)24-11-13-25(14-12-24)29(27,28)15-10-17-4-2-1-3-5-17/h1-6,8,10,15-16H,7,9,11-14H2/b15-10+. The van der Waals surface area contributed by atoms with Gasteiger partial charge in [0.15, 0.2) is 11.6 Å². The minimum Gasteiger partial charge on any atom is -0.340 e. The average Bonchev–Trinajstić information content (AvgIpc) is 2.74. The highest BCUT2D eigenvalue weighted by molar-refractivity contribution is 7.92. The van der Waals surface area contributed by atoms with Gasteiger partial charge in [0.05, 0.1) is 0 Å². The highest BCUT2D eigenvalue weighted by Crippen LogP contribution is 2.14. The van der Waals surface area contributed by atoms with Gasteiger partial charge in [-0.15, -0.1) is 0 Å². The fraction of sp³-hybridized carbons (Fsp3) is 0.286. The second-order valence-electron chi connectivity index (χ2n) is 6.79. The summed E-state index contributed by atoms with van der Waals surface area (Å²) in [6.07, 6.45) is 2.01. The Morgan fingerprint density at radius 2 is 1.66 bits per heavy atom. The van der Waals surface area contributed by atoms with Gasteiger partial charge in [-0.25, -0.2) is 17.2 Å². The SMILES string of the molecule is O=C(CCc1ccc(F)c(F)c1)N1CCN(S(=O)(=O)/C=C/c2ccccc2)CC1. The Balaban J connectivity index is 1.50. The summed E-state index contributed by atoms with van der Waals surface area (Å²) < 4.78 is 52.5. The molecule has 0 aromatic heterocycles. The predicted molar refractivity (Wildman–Crippen MR) is 107 cm³/mol. The molecular formula is C21H22F2N2O3S. The fourth-order valence-corrected chi connectivity index (χ4v) is 4.28. The Morgan fingerprint density at radius 3 is 2.31 bits per heavy atom. The maximum Gasteiger partial charge on any atom is 0.236 e. The van der Waals surface area contributed by atoms with E-state index in [1.165, 1.54) is 15.8 Å². The maximum absolute atomic E-state index is 13.2. The van der Waals surface area contributed by atoms with Crippen LogP contribution in [0.2, 0.25) is 0 Å². The molecule has 5 nitrogen and oxygen atoms in total. The first-order valence-electron chi connectivity index (χ1n) is 9.30. The second kappa shape index (κ2) is 9.28. The summed E-state index contributed by atoms with van der Waals surface area (Å²) in [5.41, 5.74) is 1.34. The van der Waals surface area contributed by atoms with Crippen molar-refractivity contribution in [1.29, 1.82) is 0 Å². The quantitative estimate of drug-likeness (QED) is 0.722. The van der Waals surface area contributed by atoms with Crippen molar-refractivity contribution < 1.29 is 22.0 Å². The monoisotopic (exact) mass is 420 g/mol. The number of amides is 1. The molecule has 1 saturated heterocycles. The van der Waals surface area contributed by atoms with Gasteiger partial charge in [-0.3, -0.25) is 4.79 Å². The molecule has 0 bridgehead atoms. The average molecular weight is 420 g/mol. The van der Waals surface area contributed by atoms with Crippen LogP contribution in [0.15, 0.2) is 53.9 Å². The van der Waals surface area contributed by atoms with Crippen LogP contribution in [-0.2, 0) is 21.2 Å². The van der Waals surface area contributed by atoms with E-state index in [0.717, 1.165) is 17.7 Å².